The molecule has 18 heavy (non-hydrogen) atoms. The minimum Gasteiger partial charge on any atom is -0.336 e. The highest BCUT2D eigenvalue weighted by atomic mass is 16.5. The van der Waals surface area contributed by atoms with Crippen LogP contribution in [-0.4, -0.2) is 42.1 Å². The van der Waals surface area contributed by atoms with Gasteiger partial charge in [-0.15, -0.1) is 0 Å². The van der Waals surface area contributed by atoms with Gasteiger partial charge in [0.25, 0.3) is 0 Å². The van der Waals surface area contributed by atoms with E-state index >= 15 is 0 Å². The van der Waals surface area contributed by atoms with Gasteiger partial charge in [-0.05, 0) is 17.7 Å². The van der Waals surface area contributed by atoms with Crippen LogP contribution in [0.4, 0.5) is 5.69 Å². The van der Waals surface area contributed by atoms with Crippen LogP contribution in [0.5, 0.6) is 0 Å². The van der Waals surface area contributed by atoms with Crippen LogP contribution in [0.1, 0.15) is 5.56 Å². The molecule has 1 aliphatic heterocycles. The molecule has 0 bridgehead atoms. The molecule has 2 rings (SSSR count). The second-order valence-electron chi connectivity index (χ2n) is 4.19. The quantitative estimate of drug-likeness (QED) is 0.583. The van der Waals surface area contributed by atoms with Crippen molar-refractivity contribution in [2.75, 3.05) is 25.0 Å². The lowest BCUT2D eigenvalue weighted by atomic mass is 10.1. The van der Waals surface area contributed by atoms with Gasteiger partial charge in [-0.1, -0.05) is 12.1 Å². The zero-order valence-corrected chi connectivity index (χ0v) is 10.1. The summed E-state index contributed by atoms with van der Waals surface area (Å²) in [5.74, 6) is -1.01. The number of piperazine rings is 1. The van der Waals surface area contributed by atoms with Crippen molar-refractivity contribution in [1.29, 1.82) is 0 Å². The summed E-state index contributed by atoms with van der Waals surface area (Å²) >= 11 is 0. The van der Waals surface area contributed by atoms with Crippen LogP contribution < -0.4 is 10.4 Å². The van der Waals surface area contributed by atoms with E-state index in [9.17, 15) is 9.59 Å². The van der Waals surface area contributed by atoms with Crippen LogP contribution in [0.2, 0.25) is 0 Å². The van der Waals surface area contributed by atoms with E-state index in [1.807, 2.05) is 6.07 Å². The molecule has 1 fully saturated rings. The zero-order valence-electron chi connectivity index (χ0n) is 10.1. The van der Waals surface area contributed by atoms with E-state index in [4.69, 9.17) is 5.21 Å². The van der Waals surface area contributed by atoms with Gasteiger partial charge in [-0.3, -0.25) is 9.59 Å². The van der Waals surface area contributed by atoms with Crippen molar-refractivity contribution >= 4 is 17.5 Å². The zero-order chi connectivity index (χ0) is 13.1. The number of hydrogen-bond donors (Lipinski definition) is 2. The number of likely N-dealkylation sites (N-methyl/N-ethyl adjacent to an activating group) is 1. The Morgan fingerprint density at radius 2 is 2.06 bits per heavy atom. The first kappa shape index (κ1) is 12.5. The van der Waals surface area contributed by atoms with Crippen molar-refractivity contribution in [1.82, 2.24) is 10.4 Å². The van der Waals surface area contributed by atoms with Gasteiger partial charge >= 0.3 is 11.8 Å². The van der Waals surface area contributed by atoms with E-state index in [1.165, 1.54) is 9.80 Å². The molecule has 0 aromatic heterocycles. The highest BCUT2D eigenvalue weighted by molar-refractivity contribution is 6.40. The molecule has 1 saturated heterocycles. The van der Waals surface area contributed by atoms with E-state index in [0.29, 0.717) is 25.3 Å². The molecule has 0 atom stereocenters. The smallest absolute Gasteiger partial charge is 0.316 e. The molecule has 2 amide bonds. The van der Waals surface area contributed by atoms with Gasteiger partial charge in [0.05, 0.1) is 0 Å². The molecular formula is C12H15N3O3. The van der Waals surface area contributed by atoms with Crippen molar-refractivity contribution in [3.63, 3.8) is 0 Å². The predicted octanol–water partition coefficient (Wildman–Crippen LogP) is -0.0296. The molecule has 0 aliphatic carbocycles. The predicted molar refractivity (Wildman–Crippen MR) is 65.1 cm³/mol. The van der Waals surface area contributed by atoms with E-state index in [1.54, 1.807) is 25.2 Å². The molecular weight excluding hydrogens is 234 g/mol. The van der Waals surface area contributed by atoms with Crippen LogP contribution in [0, 0.1) is 0 Å². The Morgan fingerprint density at radius 1 is 1.28 bits per heavy atom. The lowest BCUT2D eigenvalue weighted by Crippen LogP contribution is -2.53. The molecule has 2 N–H and O–H groups in total. The third kappa shape index (κ3) is 2.34. The number of nitrogens with zero attached hydrogens (tertiary/aromatic N) is 2. The normalized spacial score (nSPS) is 16.3. The van der Waals surface area contributed by atoms with Gasteiger partial charge in [0.15, 0.2) is 0 Å². The first-order valence-corrected chi connectivity index (χ1v) is 5.66. The average molecular weight is 249 g/mol. The van der Waals surface area contributed by atoms with Crippen LogP contribution in [0.3, 0.4) is 0 Å². The highest BCUT2D eigenvalue weighted by Crippen LogP contribution is 2.19. The maximum atomic E-state index is 11.9. The molecule has 1 heterocycles. The van der Waals surface area contributed by atoms with E-state index in [-0.39, 0.29) is 0 Å². The van der Waals surface area contributed by atoms with Gasteiger partial charge < -0.3 is 15.0 Å². The monoisotopic (exact) mass is 249 g/mol. The summed E-state index contributed by atoms with van der Waals surface area (Å²) in [5.41, 5.74) is 3.58. The number of carbonyl (C=O) groups is 2. The number of amides is 2. The standard InChI is InChI=1S/C12H15N3O3/c1-14-5-6-15(12(17)11(14)16)10-4-2-3-9(7-10)8-13-18/h2-4,7,13,18H,5-6,8H2,1H3. The van der Waals surface area contributed by atoms with Crippen molar-refractivity contribution in [2.24, 2.45) is 0 Å². The second kappa shape index (κ2) is 5.16. The number of carbonyl (C=O) groups excluding carboxylic acids is 2. The van der Waals surface area contributed by atoms with Crippen LogP contribution in [0.25, 0.3) is 0 Å². The van der Waals surface area contributed by atoms with Gasteiger partial charge in [0, 0.05) is 32.4 Å². The molecule has 6 heteroatoms. The lowest BCUT2D eigenvalue weighted by Gasteiger charge is -2.31. The van der Waals surface area contributed by atoms with E-state index < -0.39 is 11.8 Å². The Hall–Kier alpha value is -1.92. The Morgan fingerprint density at radius 3 is 2.78 bits per heavy atom. The van der Waals surface area contributed by atoms with Crippen molar-refractivity contribution in [3.05, 3.63) is 29.8 Å². The molecule has 96 valence electrons. The third-order valence-corrected chi connectivity index (χ3v) is 2.94. The molecule has 1 aromatic carbocycles. The first-order valence-electron chi connectivity index (χ1n) is 5.66. The lowest BCUT2D eigenvalue weighted by molar-refractivity contribution is -0.145. The number of hydrogen-bond acceptors (Lipinski definition) is 4. The summed E-state index contributed by atoms with van der Waals surface area (Å²) in [6.07, 6.45) is 0. The number of hydroxylamine groups is 1. The van der Waals surface area contributed by atoms with E-state index in [0.717, 1.165) is 5.56 Å². The van der Waals surface area contributed by atoms with Crippen molar-refractivity contribution in [3.8, 4) is 0 Å². The second-order valence-corrected chi connectivity index (χ2v) is 4.19. The van der Waals surface area contributed by atoms with Crippen LogP contribution in [0.15, 0.2) is 24.3 Å². The largest absolute Gasteiger partial charge is 0.336 e. The Labute approximate surface area is 105 Å². The van der Waals surface area contributed by atoms with E-state index in [2.05, 4.69) is 5.48 Å². The average Bonchev–Trinajstić information content (AvgIpc) is 2.37. The highest BCUT2D eigenvalue weighted by Gasteiger charge is 2.31. The van der Waals surface area contributed by atoms with Gasteiger partial charge in [0.2, 0.25) is 0 Å². The Kier molecular flexibility index (Phi) is 3.59. The summed E-state index contributed by atoms with van der Waals surface area (Å²) in [6.45, 7) is 1.30. The Balaban J connectivity index is 2.23. The number of benzene rings is 1. The minimum absolute atomic E-state index is 0.295. The number of anilines is 1. The van der Waals surface area contributed by atoms with Gasteiger partial charge in [-0.2, -0.15) is 0 Å². The number of rotatable bonds is 3. The molecule has 1 aliphatic rings. The molecule has 0 spiro atoms. The fraction of sp³-hybridized carbons (Fsp3) is 0.333. The van der Waals surface area contributed by atoms with Gasteiger partial charge in [-0.25, -0.2) is 5.48 Å². The summed E-state index contributed by atoms with van der Waals surface area (Å²) in [5, 5.41) is 8.66. The fourth-order valence-electron chi connectivity index (χ4n) is 1.90. The Bertz CT molecular complexity index is 475. The maximum absolute atomic E-state index is 11.9. The number of nitrogens with one attached hydrogen (secondary N) is 1. The summed E-state index contributed by atoms with van der Waals surface area (Å²) in [4.78, 5) is 26.4. The topological polar surface area (TPSA) is 72.9 Å². The first-order chi connectivity index (χ1) is 8.63. The van der Waals surface area contributed by atoms with Crippen molar-refractivity contribution < 1.29 is 14.8 Å². The van der Waals surface area contributed by atoms with Crippen LogP contribution >= 0.6 is 0 Å². The summed E-state index contributed by atoms with van der Waals surface area (Å²) in [6, 6.07) is 7.17. The van der Waals surface area contributed by atoms with Gasteiger partial charge in [0.1, 0.15) is 0 Å². The summed E-state index contributed by atoms with van der Waals surface area (Å²) < 4.78 is 0. The SMILES string of the molecule is CN1CCN(c2cccc(CNO)c2)C(=O)C1=O. The third-order valence-electron chi connectivity index (χ3n) is 2.94. The molecule has 0 saturated carbocycles. The minimum atomic E-state index is -0.516. The fourth-order valence-corrected chi connectivity index (χ4v) is 1.90. The molecule has 0 radical (unpaired) electrons. The molecule has 6 nitrogen and oxygen atoms in total. The van der Waals surface area contributed by atoms with Crippen molar-refractivity contribution in [2.45, 2.75) is 6.54 Å². The van der Waals surface area contributed by atoms with Crippen LogP contribution in [-0.2, 0) is 16.1 Å². The summed E-state index contributed by atoms with van der Waals surface area (Å²) in [7, 11) is 1.61. The molecule has 1 aromatic rings. The maximum Gasteiger partial charge on any atom is 0.316 e. The molecule has 0 unspecified atom stereocenters.